The van der Waals surface area contributed by atoms with Gasteiger partial charge in [0.2, 0.25) is 0 Å². The van der Waals surface area contributed by atoms with Crippen LogP contribution in [0.4, 0.5) is 0 Å². The number of nitrogens with zero attached hydrogens (tertiary/aromatic N) is 1. The first kappa shape index (κ1) is 11.7. The molecule has 3 nitrogen and oxygen atoms in total. The number of hydrogen-bond acceptors (Lipinski definition) is 3. The summed E-state index contributed by atoms with van der Waals surface area (Å²) in [5.74, 6) is 1.36. The first-order valence-electron chi connectivity index (χ1n) is 5.66. The summed E-state index contributed by atoms with van der Waals surface area (Å²) in [6, 6.07) is 1.95. The molecule has 0 aliphatic carbocycles. The molecule has 1 atom stereocenters. The van der Waals surface area contributed by atoms with Crippen molar-refractivity contribution >= 4 is 12.2 Å². The van der Waals surface area contributed by atoms with E-state index < -0.39 is 0 Å². The molecular formula is C12H18N2OS. The van der Waals surface area contributed by atoms with Gasteiger partial charge in [0.1, 0.15) is 10.5 Å². The molecule has 1 saturated heterocycles. The number of rotatable bonds is 1. The van der Waals surface area contributed by atoms with E-state index in [0.29, 0.717) is 10.6 Å². The lowest BCUT2D eigenvalue weighted by molar-refractivity contribution is 0.193. The van der Waals surface area contributed by atoms with E-state index in [0.717, 1.165) is 31.2 Å². The summed E-state index contributed by atoms with van der Waals surface area (Å²) in [6.07, 6.45) is 1.03. The van der Waals surface area contributed by atoms with Crippen molar-refractivity contribution < 1.29 is 4.74 Å². The Morgan fingerprint density at radius 3 is 2.81 bits per heavy atom. The molecule has 1 fully saturated rings. The lowest BCUT2D eigenvalue weighted by atomic mass is 9.92. The van der Waals surface area contributed by atoms with E-state index in [1.54, 1.807) is 0 Å². The van der Waals surface area contributed by atoms with Crippen molar-refractivity contribution in [3.05, 3.63) is 22.2 Å². The van der Waals surface area contributed by atoms with Crippen LogP contribution in [0.1, 0.15) is 44.6 Å². The molecule has 0 radical (unpaired) electrons. The molecule has 0 spiro atoms. The molecule has 88 valence electrons. The average molecular weight is 238 g/mol. The molecule has 1 aliphatic rings. The Labute approximate surface area is 101 Å². The Balaban J connectivity index is 2.39. The van der Waals surface area contributed by atoms with Gasteiger partial charge in [-0.25, -0.2) is 4.98 Å². The van der Waals surface area contributed by atoms with Gasteiger partial charge in [-0.2, -0.15) is 0 Å². The number of hydrogen-bond donors (Lipinski definition) is 1. The fourth-order valence-corrected chi connectivity index (χ4v) is 2.04. The predicted octanol–water partition coefficient (Wildman–Crippen LogP) is 2.94. The van der Waals surface area contributed by atoms with Crippen molar-refractivity contribution in [3.63, 3.8) is 0 Å². The third-order valence-corrected chi connectivity index (χ3v) is 3.09. The molecule has 4 heteroatoms. The molecule has 0 amide bonds. The van der Waals surface area contributed by atoms with E-state index in [1.807, 2.05) is 6.07 Å². The highest BCUT2D eigenvalue weighted by atomic mass is 32.1. The minimum atomic E-state index is 0.0741. The zero-order chi connectivity index (χ0) is 11.8. The normalized spacial score (nSPS) is 21.3. The zero-order valence-corrected chi connectivity index (χ0v) is 10.9. The maximum atomic E-state index is 5.38. The fraction of sp³-hybridized carbons (Fsp3) is 0.667. The summed E-state index contributed by atoms with van der Waals surface area (Å²) < 4.78 is 6.05. The first-order valence-corrected chi connectivity index (χ1v) is 6.07. The van der Waals surface area contributed by atoms with Crippen LogP contribution < -0.4 is 0 Å². The predicted molar refractivity (Wildman–Crippen MR) is 66.3 cm³/mol. The molecular weight excluding hydrogens is 220 g/mol. The number of aromatic amines is 1. The molecule has 16 heavy (non-hydrogen) atoms. The first-order chi connectivity index (χ1) is 7.47. The van der Waals surface area contributed by atoms with Crippen LogP contribution in [-0.4, -0.2) is 23.2 Å². The summed E-state index contributed by atoms with van der Waals surface area (Å²) in [4.78, 5) is 7.82. The maximum Gasteiger partial charge on any atom is 0.130 e. The molecule has 1 unspecified atom stereocenters. The minimum absolute atomic E-state index is 0.0741. The van der Waals surface area contributed by atoms with Gasteiger partial charge in [-0.05, 0) is 12.5 Å². The van der Waals surface area contributed by atoms with Crippen LogP contribution in [0.25, 0.3) is 0 Å². The van der Waals surface area contributed by atoms with E-state index in [1.165, 1.54) is 0 Å². The lowest BCUT2D eigenvalue weighted by Crippen LogP contribution is -2.17. The summed E-state index contributed by atoms with van der Waals surface area (Å²) in [5.41, 5.74) is 1.22. The summed E-state index contributed by atoms with van der Waals surface area (Å²) in [6.45, 7) is 8.09. The van der Waals surface area contributed by atoms with Gasteiger partial charge in [-0.15, -0.1) is 0 Å². The van der Waals surface area contributed by atoms with Gasteiger partial charge in [-0.1, -0.05) is 33.0 Å². The van der Waals surface area contributed by atoms with Gasteiger partial charge in [-0.3, -0.25) is 0 Å². The second-order valence-corrected chi connectivity index (χ2v) is 5.75. The van der Waals surface area contributed by atoms with Crippen molar-refractivity contribution in [1.29, 1.82) is 0 Å². The molecule has 0 saturated carbocycles. The topological polar surface area (TPSA) is 37.9 Å². The Hall–Kier alpha value is -0.740. The second kappa shape index (κ2) is 4.26. The van der Waals surface area contributed by atoms with Gasteiger partial charge in [0, 0.05) is 23.6 Å². The van der Waals surface area contributed by atoms with Crippen LogP contribution in [0.15, 0.2) is 6.07 Å². The van der Waals surface area contributed by atoms with Crippen molar-refractivity contribution in [1.82, 2.24) is 9.97 Å². The van der Waals surface area contributed by atoms with Crippen LogP contribution in [0.3, 0.4) is 0 Å². The SMILES string of the molecule is CC(C)(C)c1cc(=S)nc(C2CCOC2)[nH]1. The van der Waals surface area contributed by atoms with E-state index in [-0.39, 0.29) is 5.41 Å². The molecule has 0 aromatic carbocycles. The van der Waals surface area contributed by atoms with Crippen molar-refractivity contribution in [2.75, 3.05) is 13.2 Å². The Kier molecular flexibility index (Phi) is 3.13. The molecule has 2 rings (SSSR count). The Bertz CT molecular complexity index is 427. The van der Waals surface area contributed by atoms with Crippen LogP contribution in [-0.2, 0) is 10.2 Å². The molecule has 1 aliphatic heterocycles. The number of ether oxygens (including phenoxy) is 1. The molecule has 1 aromatic rings. The monoisotopic (exact) mass is 238 g/mol. The lowest BCUT2D eigenvalue weighted by Gasteiger charge is -2.20. The van der Waals surface area contributed by atoms with Crippen LogP contribution in [0, 0.1) is 4.64 Å². The summed E-state index contributed by atoms with van der Waals surface area (Å²) in [5, 5.41) is 0. The van der Waals surface area contributed by atoms with Crippen molar-refractivity contribution in [3.8, 4) is 0 Å². The van der Waals surface area contributed by atoms with E-state index in [4.69, 9.17) is 17.0 Å². The average Bonchev–Trinajstić information content (AvgIpc) is 2.68. The fourth-order valence-electron chi connectivity index (χ4n) is 1.82. The van der Waals surface area contributed by atoms with E-state index >= 15 is 0 Å². The van der Waals surface area contributed by atoms with Gasteiger partial charge in [0.15, 0.2) is 0 Å². The number of nitrogens with one attached hydrogen (secondary N) is 1. The minimum Gasteiger partial charge on any atom is -0.381 e. The largest absolute Gasteiger partial charge is 0.381 e. The highest BCUT2D eigenvalue weighted by Crippen LogP contribution is 2.25. The van der Waals surface area contributed by atoms with Crippen LogP contribution in [0.5, 0.6) is 0 Å². The molecule has 1 N–H and O–H groups in total. The van der Waals surface area contributed by atoms with Gasteiger partial charge < -0.3 is 9.72 Å². The highest BCUT2D eigenvalue weighted by molar-refractivity contribution is 7.71. The molecule has 1 aromatic heterocycles. The smallest absolute Gasteiger partial charge is 0.130 e. The summed E-state index contributed by atoms with van der Waals surface area (Å²) in [7, 11) is 0. The van der Waals surface area contributed by atoms with Gasteiger partial charge >= 0.3 is 0 Å². The second-order valence-electron chi connectivity index (χ2n) is 5.33. The summed E-state index contributed by atoms with van der Waals surface area (Å²) >= 11 is 5.22. The Morgan fingerprint density at radius 1 is 1.50 bits per heavy atom. The van der Waals surface area contributed by atoms with Crippen LogP contribution >= 0.6 is 12.2 Å². The zero-order valence-electron chi connectivity index (χ0n) is 10.0. The van der Waals surface area contributed by atoms with E-state index in [9.17, 15) is 0 Å². The Morgan fingerprint density at radius 2 is 2.25 bits per heavy atom. The standard InChI is InChI=1S/C12H18N2OS/c1-12(2,3)9-6-10(16)14-11(13-9)8-4-5-15-7-8/h6,8H,4-5,7H2,1-3H3,(H,13,14,16). The molecule has 0 bridgehead atoms. The molecule has 2 heterocycles. The number of H-pyrrole nitrogens is 1. The van der Waals surface area contributed by atoms with Gasteiger partial charge in [0.05, 0.1) is 6.61 Å². The van der Waals surface area contributed by atoms with Gasteiger partial charge in [0.25, 0.3) is 0 Å². The number of aromatic nitrogens is 2. The quantitative estimate of drug-likeness (QED) is 0.764. The third kappa shape index (κ3) is 2.50. The van der Waals surface area contributed by atoms with Crippen LogP contribution in [0.2, 0.25) is 0 Å². The van der Waals surface area contributed by atoms with E-state index in [2.05, 4.69) is 30.7 Å². The highest BCUT2D eigenvalue weighted by Gasteiger charge is 2.22. The van der Waals surface area contributed by atoms with Crippen molar-refractivity contribution in [2.45, 2.75) is 38.5 Å². The van der Waals surface area contributed by atoms with Crippen molar-refractivity contribution in [2.24, 2.45) is 0 Å². The third-order valence-electron chi connectivity index (χ3n) is 2.89. The maximum absolute atomic E-state index is 5.38.